The first-order valence-electron chi connectivity index (χ1n) is 6.42. The van der Waals surface area contributed by atoms with E-state index in [-0.39, 0.29) is 6.61 Å². The van der Waals surface area contributed by atoms with Crippen LogP contribution in [0.2, 0.25) is 0 Å². The Morgan fingerprint density at radius 3 is 2.89 bits per heavy atom. The van der Waals surface area contributed by atoms with Gasteiger partial charge in [-0.25, -0.2) is 0 Å². The van der Waals surface area contributed by atoms with Gasteiger partial charge in [-0.2, -0.15) is 0 Å². The average Bonchev–Trinajstić information content (AvgIpc) is 2.39. The molecule has 0 bridgehead atoms. The molecule has 0 radical (unpaired) electrons. The molecule has 1 heterocycles. The molecule has 1 aliphatic heterocycles. The van der Waals surface area contributed by atoms with Crippen LogP contribution in [0.1, 0.15) is 24.8 Å². The Balaban J connectivity index is 1.99. The molecule has 3 nitrogen and oxygen atoms in total. The fourth-order valence-corrected chi connectivity index (χ4v) is 2.76. The molecule has 1 atom stereocenters. The summed E-state index contributed by atoms with van der Waals surface area (Å²) >= 11 is 3.48. The zero-order valence-corrected chi connectivity index (χ0v) is 12.3. The fraction of sp³-hybridized carbons (Fsp3) is 0.571. The number of halogens is 1. The van der Waals surface area contributed by atoms with Crippen LogP contribution in [0.3, 0.4) is 0 Å². The number of benzene rings is 1. The molecule has 0 aliphatic carbocycles. The summed E-state index contributed by atoms with van der Waals surface area (Å²) in [6.07, 6.45) is 3.96. The predicted molar refractivity (Wildman–Crippen MR) is 76.9 cm³/mol. The van der Waals surface area contributed by atoms with E-state index in [1.165, 1.54) is 12.8 Å². The lowest BCUT2D eigenvalue weighted by molar-refractivity contribution is 0.0216. The topological polar surface area (TPSA) is 32.7 Å². The van der Waals surface area contributed by atoms with E-state index in [2.05, 4.69) is 27.9 Å². The highest BCUT2D eigenvalue weighted by molar-refractivity contribution is 9.10. The summed E-state index contributed by atoms with van der Waals surface area (Å²) in [4.78, 5) is 2.21. The second kappa shape index (κ2) is 6.55. The van der Waals surface area contributed by atoms with E-state index >= 15 is 0 Å². The maximum atomic E-state index is 9.15. The number of hydrogen-bond acceptors (Lipinski definition) is 3. The zero-order chi connectivity index (χ0) is 13.0. The molecule has 1 aromatic carbocycles. The van der Waals surface area contributed by atoms with Crippen molar-refractivity contribution in [1.29, 1.82) is 0 Å². The quantitative estimate of drug-likeness (QED) is 0.927. The van der Waals surface area contributed by atoms with Crippen molar-refractivity contribution in [3.8, 4) is 0 Å². The first-order chi connectivity index (χ1) is 8.70. The van der Waals surface area contributed by atoms with Crippen LogP contribution >= 0.6 is 15.9 Å². The van der Waals surface area contributed by atoms with E-state index in [9.17, 15) is 0 Å². The molecule has 4 heteroatoms. The van der Waals surface area contributed by atoms with Gasteiger partial charge in [0.2, 0.25) is 0 Å². The van der Waals surface area contributed by atoms with Crippen molar-refractivity contribution in [1.82, 2.24) is 0 Å². The molecule has 100 valence electrons. The van der Waals surface area contributed by atoms with E-state index in [0.717, 1.165) is 35.3 Å². The number of rotatable bonds is 4. The molecule has 0 aromatic heterocycles. The van der Waals surface area contributed by atoms with Crippen LogP contribution in [0.25, 0.3) is 0 Å². The van der Waals surface area contributed by atoms with Crippen LogP contribution < -0.4 is 4.90 Å². The van der Waals surface area contributed by atoms with Gasteiger partial charge in [-0.15, -0.1) is 0 Å². The molecule has 1 N–H and O–H groups in total. The molecule has 1 unspecified atom stereocenters. The molecule has 0 amide bonds. The van der Waals surface area contributed by atoms with Crippen molar-refractivity contribution in [3.05, 3.63) is 28.2 Å². The molecular weight excluding hydrogens is 294 g/mol. The van der Waals surface area contributed by atoms with Crippen LogP contribution in [0, 0.1) is 0 Å². The van der Waals surface area contributed by atoms with Gasteiger partial charge in [0, 0.05) is 30.4 Å². The Morgan fingerprint density at radius 2 is 2.28 bits per heavy atom. The molecule has 0 saturated carbocycles. The molecule has 0 spiro atoms. The number of ether oxygens (including phenoxy) is 1. The minimum Gasteiger partial charge on any atom is -0.392 e. The summed E-state index contributed by atoms with van der Waals surface area (Å²) in [5.74, 6) is 0. The molecule has 2 rings (SSSR count). The van der Waals surface area contributed by atoms with E-state index in [1.54, 1.807) is 0 Å². The van der Waals surface area contributed by atoms with E-state index in [4.69, 9.17) is 9.84 Å². The predicted octanol–water partition coefficient (Wildman–Crippen LogP) is 2.95. The van der Waals surface area contributed by atoms with E-state index < -0.39 is 0 Å². The highest BCUT2D eigenvalue weighted by Gasteiger charge is 2.16. The number of nitrogens with zero attached hydrogens (tertiary/aromatic N) is 1. The van der Waals surface area contributed by atoms with E-state index in [0.29, 0.717) is 6.10 Å². The maximum Gasteiger partial charge on any atom is 0.0749 e. The third-order valence-electron chi connectivity index (χ3n) is 3.40. The monoisotopic (exact) mass is 313 g/mol. The van der Waals surface area contributed by atoms with Crippen molar-refractivity contribution in [3.63, 3.8) is 0 Å². The number of likely N-dealkylation sites (N-methyl/N-ethyl adjacent to an activating group) is 1. The van der Waals surface area contributed by atoms with Gasteiger partial charge in [-0.3, -0.25) is 0 Å². The van der Waals surface area contributed by atoms with Gasteiger partial charge in [-0.05, 0) is 37.0 Å². The first-order valence-corrected chi connectivity index (χ1v) is 7.22. The SMILES string of the molecule is CN(CC1CCCCO1)c1ccc(CO)c(Br)c1. The van der Waals surface area contributed by atoms with Gasteiger partial charge < -0.3 is 14.7 Å². The highest BCUT2D eigenvalue weighted by atomic mass is 79.9. The second-order valence-electron chi connectivity index (χ2n) is 4.80. The van der Waals surface area contributed by atoms with Gasteiger partial charge in [0.1, 0.15) is 0 Å². The number of anilines is 1. The van der Waals surface area contributed by atoms with Crippen LogP contribution in [-0.4, -0.2) is 31.4 Å². The summed E-state index contributed by atoms with van der Waals surface area (Å²) < 4.78 is 6.71. The highest BCUT2D eigenvalue weighted by Crippen LogP contribution is 2.24. The number of hydrogen-bond donors (Lipinski definition) is 1. The lowest BCUT2D eigenvalue weighted by atomic mass is 10.1. The summed E-state index contributed by atoms with van der Waals surface area (Å²) in [5.41, 5.74) is 2.06. The molecule has 18 heavy (non-hydrogen) atoms. The molecule has 1 aromatic rings. The zero-order valence-electron chi connectivity index (χ0n) is 10.7. The van der Waals surface area contributed by atoms with Crippen LogP contribution in [0.5, 0.6) is 0 Å². The van der Waals surface area contributed by atoms with Gasteiger partial charge in [0.15, 0.2) is 0 Å². The van der Waals surface area contributed by atoms with Gasteiger partial charge in [0.25, 0.3) is 0 Å². The summed E-state index contributed by atoms with van der Waals surface area (Å²) in [7, 11) is 2.08. The Bertz CT molecular complexity index is 391. The third kappa shape index (κ3) is 3.46. The Kier molecular flexibility index (Phi) is 5.03. The standard InChI is InChI=1S/C14H20BrNO2/c1-16(9-13-4-2-3-7-18-13)12-6-5-11(10-17)14(15)8-12/h5-6,8,13,17H,2-4,7,9-10H2,1H3. The molecule has 1 saturated heterocycles. The van der Waals surface area contributed by atoms with Crippen molar-refractivity contribution < 1.29 is 9.84 Å². The summed E-state index contributed by atoms with van der Waals surface area (Å²) in [5, 5.41) is 9.15. The van der Waals surface area contributed by atoms with Crippen molar-refractivity contribution in [2.24, 2.45) is 0 Å². The van der Waals surface area contributed by atoms with Gasteiger partial charge in [0.05, 0.1) is 12.7 Å². The molecule has 1 aliphatic rings. The minimum atomic E-state index is 0.0658. The number of aliphatic hydroxyl groups is 1. The normalized spacial score (nSPS) is 19.8. The van der Waals surface area contributed by atoms with E-state index in [1.807, 2.05) is 18.2 Å². The molecular formula is C14H20BrNO2. The maximum absolute atomic E-state index is 9.15. The Hall–Kier alpha value is -0.580. The van der Waals surface area contributed by atoms with Crippen LogP contribution in [-0.2, 0) is 11.3 Å². The average molecular weight is 314 g/mol. The second-order valence-corrected chi connectivity index (χ2v) is 5.66. The van der Waals surface area contributed by atoms with Crippen LogP contribution in [0.4, 0.5) is 5.69 Å². The Morgan fingerprint density at radius 1 is 1.44 bits per heavy atom. The van der Waals surface area contributed by atoms with Crippen molar-refractivity contribution in [2.75, 3.05) is 25.1 Å². The smallest absolute Gasteiger partial charge is 0.0749 e. The van der Waals surface area contributed by atoms with Gasteiger partial charge in [-0.1, -0.05) is 22.0 Å². The third-order valence-corrected chi connectivity index (χ3v) is 4.14. The van der Waals surface area contributed by atoms with Crippen molar-refractivity contribution in [2.45, 2.75) is 32.0 Å². The lowest BCUT2D eigenvalue weighted by Crippen LogP contribution is -2.33. The Labute approximate surface area is 117 Å². The summed E-state index contributed by atoms with van der Waals surface area (Å²) in [6.45, 7) is 1.88. The van der Waals surface area contributed by atoms with Crippen molar-refractivity contribution >= 4 is 21.6 Å². The molecule has 1 fully saturated rings. The first kappa shape index (κ1) is 13.8. The largest absolute Gasteiger partial charge is 0.392 e. The van der Waals surface area contributed by atoms with Gasteiger partial charge >= 0.3 is 0 Å². The number of aliphatic hydroxyl groups excluding tert-OH is 1. The summed E-state index contributed by atoms with van der Waals surface area (Å²) in [6, 6.07) is 6.05. The fourth-order valence-electron chi connectivity index (χ4n) is 2.26. The van der Waals surface area contributed by atoms with Crippen LogP contribution in [0.15, 0.2) is 22.7 Å². The minimum absolute atomic E-state index is 0.0658. The lowest BCUT2D eigenvalue weighted by Gasteiger charge is -2.28.